The smallest absolute Gasteiger partial charge is 0.272 e. The highest BCUT2D eigenvalue weighted by Crippen LogP contribution is 2.28. The predicted molar refractivity (Wildman–Crippen MR) is 85.3 cm³/mol. The van der Waals surface area contributed by atoms with Crippen LogP contribution in [-0.2, 0) is 0 Å². The van der Waals surface area contributed by atoms with Gasteiger partial charge in [-0.2, -0.15) is 0 Å². The minimum absolute atomic E-state index is 0.0205. The maximum atomic E-state index is 14.1. The summed E-state index contributed by atoms with van der Waals surface area (Å²) >= 11 is 0. The molecule has 1 saturated heterocycles. The maximum absolute atomic E-state index is 14.1. The van der Waals surface area contributed by atoms with Crippen molar-refractivity contribution in [1.82, 2.24) is 0 Å². The van der Waals surface area contributed by atoms with Crippen LogP contribution in [0.5, 0.6) is 5.75 Å². The highest BCUT2D eigenvalue weighted by atomic mass is 19.1. The standard InChI is InChI=1S/C17H16F2N2O3/c18-12-1-4-14(5-2-12)24-15-7-9-20(10-8-15)17-6-3-13(21(22)23)11-16(17)19/h1-6,11,15H,7-10H2. The summed E-state index contributed by atoms with van der Waals surface area (Å²) in [5.74, 6) is -0.302. The summed E-state index contributed by atoms with van der Waals surface area (Å²) in [5, 5.41) is 10.7. The molecule has 0 radical (unpaired) electrons. The number of non-ortho nitro benzene ring substituents is 1. The largest absolute Gasteiger partial charge is 0.490 e. The van der Waals surface area contributed by atoms with Crippen molar-refractivity contribution >= 4 is 11.4 Å². The van der Waals surface area contributed by atoms with E-state index in [1.165, 1.54) is 24.3 Å². The number of ether oxygens (including phenoxy) is 1. The molecular formula is C17H16F2N2O3. The molecule has 0 atom stereocenters. The number of nitro benzene ring substituents is 1. The van der Waals surface area contributed by atoms with E-state index in [0.717, 1.165) is 6.07 Å². The molecule has 1 aliphatic heterocycles. The molecule has 1 aliphatic rings. The fraction of sp³-hybridized carbons (Fsp3) is 0.294. The average molecular weight is 334 g/mol. The Labute approximate surface area is 137 Å². The average Bonchev–Trinajstić information content (AvgIpc) is 2.58. The Morgan fingerprint density at radius 1 is 1.08 bits per heavy atom. The van der Waals surface area contributed by atoms with Crippen LogP contribution in [0.1, 0.15) is 12.8 Å². The first-order valence-electron chi connectivity index (χ1n) is 7.64. The summed E-state index contributed by atoms with van der Waals surface area (Å²) in [6, 6.07) is 9.54. The highest BCUT2D eigenvalue weighted by molar-refractivity contribution is 5.52. The maximum Gasteiger partial charge on any atom is 0.272 e. The van der Waals surface area contributed by atoms with Crippen molar-refractivity contribution in [3.8, 4) is 5.75 Å². The zero-order valence-electron chi connectivity index (χ0n) is 12.8. The topological polar surface area (TPSA) is 55.6 Å². The quantitative estimate of drug-likeness (QED) is 0.628. The Morgan fingerprint density at radius 3 is 2.33 bits per heavy atom. The Bertz CT molecular complexity index is 729. The molecule has 7 heteroatoms. The van der Waals surface area contributed by atoms with Crippen LogP contribution in [0.2, 0.25) is 0 Å². The molecule has 24 heavy (non-hydrogen) atoms. The molecule has 0 aromatic heterocycles. The summed E-state index contributed by atoms with van der Waals surface area (Å²) in [6.45, 7) is 1.17. The van der Waals surface area contributed by atoms with Crippen molar-refractivity contribution < 1.29 is 18.4 Å². The number of rotatable bonds is 4. The van der Waals surface area contributed by atoms with Gasteiger partial charge in [-0.05, 0) is 30.3 Å². The minimum Gasteiger partial charge on any atom is -0.490 e. The van der Waals surface area contributed by atoms with Gasteiger partial charge in [-0.25, -0.2) is 8.78 Å². The van der Waals surface area contributed by atoms with E-state index >= 15 is 0 Å². The lowest BCUT2D eigenvalue weighted by atomic mass is 10.1. The third kappa shape index (κ3) is 3.61. The van der Waals surface area contributed by atoms with Gasteiger partial charge in [0.15, 0.2) is 5.82 Å². The second-order valence-electron chi connectivity index (χ2n) is 5.65. The van der Waals surface area contributed by atoms with Crippen molar-refractivity contribution in [2.75, 3.05) is 18.0 Å². The normalized spacial score (nSPS) is 15.3. The van der Waals surface area contributed by atoms with Crippen LogP contribution in [0, 0.1) is 21.7 Å². The monoisotopic (exact) mass is 334 g/mol. The molecule has 0 spiro atoms. The van der Waals surface area contributed by atoms with Gasteiger partial charge in [-0.1, -0.05) is 0 Å². The van der Waals surface area contributed by atoms with Crippen molar-refractivity contribution in [2.45, 2.75) is 18.9 Å². The van der Waals surface area contributed by atoms with Crippen molar-refractivity contribution in [2.24, 2.45) is 0 Å². The second kappa shape index (κ2) is 6.82. The van der Waals surface area contributed by atoms with Crippen LogP contribution in [-0.4, -0.2) is 24.1 Å². The first-order valence-corrected chi connectivity index (χ1v) is 7.64. The van der Waals surface area contributed by atoms with E-state index < -0.39 is 10.7 Å². The van der Waals surface area contributed by atoms with E-state index in [1.54, 1.807) is 12.1 Å². The molecule has 0 N–H and O–H groups in total. The lowest BCUT2D eigenvalue weighted by molar-refractivity contribution is -0.385. The van der Waals surface area contributed by atoms with E-state index in [9.17, 15) is 18.9 Å². The van der Waals surface area contributed by atoms with Crippen LogP contribution in [0.3, 0.4) is 0 Å². The molecule has 1 heterocycles. The molecule has 2 aromatic carbocycles. The van der Waals surface area contributed by atoms with Gasteiger partial charge < -0.3 is 9.64 Å². The summed E-state index contributed by atoms with van der Waals surface area (Å²) in [6.07, 6.45) is 1.36. The number of hydrogen-bond acceptors (Lipinski definition) is 4. The highest BCUT2D eigenvalue weighted by Gasteiger charge is 2.23. The number of hydrogen-bond donors (Lipinski definition) is 0. The molecule has 126 valence electrons. The number of nitrogens with zero attached hydrogens (tertiary/aromatic N) is 2. The van der Waals surface area contributed by atoms with E-state index in [0.29, 0.717) is 37.4 Å². The Morgan fingerprint density at radius 2 is 1.75 bits per heavy atom. The predicted octanol–water partition coefficient (Wildman–Crippen LogP) is 3.92. The van der Waals surface area contributed by atoms with Gasteiger partial charge >= 0.3 is 0 Å². The SMILES string of the molecule is O=[N+]([O-])c1ccc(N2CCC(Oc3ccc(F)cc3)CC2)c(F)c1. The van der Waals surface area contributed by atoms with Crippen LogP contribution in [0.25, 0.3) is 0 Å². The van der Waals surface area contributed by atoms with Gasteiger partial charge in [0.05, 0.1) is 16.7 Å². The first-order chi connectivity index (χ1) is 11.5. The molecule has 2 aromatic rings. The van der Waals surface area contributed by atoms with E-state index in [1.807, 2.05) is 4.90 Å². The number of halogens is 2. The van der Waals surface area contributed by atoms with E-state index in [4.69, 9.17) is 4.74 Å². The molecule has 0 aliphatic carbocycles. The van der Waals surface area contributed by atoms with Crippen LogP contribution in [0.15, 0.2) is 42.5 Å². The summed E-state index contributed by atoms with van der Waals surface area (Å²) < 4.78 is 32.7. The minimum atomic E-state index is -0.615. The molecule has 0 bridgehead atoms. The zero-order valence-corrected chi connectivity index (χ0v) is 12.8. The fourth-order valence-corrected chi connectivity index (χ4v) is 2.79. The van der Waals surface area contributed by atoms with Gasteiger partial charge in [-0.3, -0.25) is 10.1 Å². The molecule has 0 amide bonds. The van der Waals surface area contributed by atoms with Gasteiger partial charge in [-0.15, -0.1) is 0 Å². The van der Waals surface area contributed by atoms with Gasteiger partial charge in [0.25, 0.3) is 5.69 Å². The number of benzene rings is 2. The van der Waals surface area contributed by atoms with Crippen LogP contribution >= 0.6 is 0 Å². The fourth-order valence-electron chi connectivity index (χ4n) is 2.79. The van der Waals surface area contributed by atoms with Crippen molar-refractivity contribution in [3.05, 3.63) is 64.2 Å². The van der Waals surface area contributed by atoms with Crippen molar-refractivity contribution in [3.63, 3.8) is 0 Å². The number of anilines is 1. The molecular weight excluding hydrogens is 318 g/mol. The molecule has 1 fully saturated rings. The van der Waals surface area contributed by atoms with Gasteiger partial charge in [0, 0.05) is 32.0 Å². The Hall–Kier alpha value is -2.70. The van der Waals surface area contributed by atoms with Gasteiger partial charge in [0.2, 0.25) is 0 Å². The second-order valence-corrected chi connectivity index (χ2v) is 5.65. The summed E-state index contributed by atoms with van der Waals surface area (Å²) in [7, 11) is 0. The van der Waals surface area contributed by atoms with Crippen LogP contribution in [0.4, 0.5) is 20.2 Å². The summed E-state index contributed by atoms with van der Waals surface area (Å²) in [4.78, 5) is 11.9. The first kappa shape index (κ1) is 16.2. The third-order valence-electron chi connectivity index (χ3n) is 4.04. The Kier molecular flexibility index (Phi) is 4.59. The lowest BCUT2D eigenvalue weighted by Crippen LogP contribution is -2.38. The van der Waals surface area contributed by atoms with Crippen molar-refractivity contribution in [1.29, 1.82) is 0 Å². The molecule has 0 saturated carbocycles. The third-order valence-corrected chi connectivity index (χ3v) is 4.04. The Balaban J connectivity index is 1.60. The zero-order chi connectivity index (χ0) is 17.1. The number of nitro groups is 1. The van der Waals surface area contributed by atoms with E-state index in [-0.39, 0.29) is 17.6 Å². The number of piperidine rings is 1. The molecule has 0 unspecified atom stereocenters. The van der Waals surface area contributed by atoms with Crippen LogP contribution < -0.4 is 9.64 Å². The summed E-state index contributed by atoms with van der Waals surface area (Å²) in [5.41, 5.74) is 0.103. The van der Waals surface area contributed by atoms with E-state index in [2.05, 4.69) is 0 Å². The van der Waals surface area contributed by atoms with Gasteiger partial charge in [0.1, 0.15) is 17.7 Å². The lowest BCUT2D eigenvalue weighted by Gasteiger charge is -2.33. The molecule has 3 rings (SSSR count). The molecule has 5 nitrogen and oxygen atoms in total.